The second kappa shape index (κ2) is 8.49. The van der Waals surface area contributed by atoms with E-state index in [1.807, 2.05) is 68.4 Å². The van der Waals surface area contributed by atoms with Crippen LogP contribution in [0.5, 0.6) is 5.75 Å². The number of nitrogens with one attached hydrogen (secondary N) is 1. The number of rotatable bonds is 7. The Morgan fingerprint density at radius 1 is 1.18 bits per heavy atom. The molecule has 0 bridgehead atoms. The van der Waals surface area contributed by atoms with E-state index in [0.29, 0.717) is 6.61 Å². The Morgan fingerprint density at radius 3 is 2.68 bits per heavy atom. The van der Waals surface area contributed by atoms with E-state index in [1.165, 1.54) is 0 Å². The number of aryl methyl sites for hydroxylation is 1. The molecule has 0 fully saturated rings. The number of ether oxygens (including phenoxy) is 1. The molecule has 0 heterocycles. The fourth-order valence-electron chi connectivity index (χ4n) is 1.94. The Morgan fingerprint density at radius 2 is 1.95 bits per heavy atom. The van der Waals surface area contributed by atoms with Crippen LogP contribution in [0.1, 0.15) is 12.5 Å². The van der Waals surface area contributed by atoms with Gasteiger partial charge in [-0.1, -0.05) is 30.3 Å². The molecule has 0 aliphatic heterocycles. The van der Waals surface area contributed by atoms with Crippen molar-refractivity contribution in [3.05, 3.63) is 60.2 Å². The number of hydrogen-bond acceptors (Lipinski definition) is 3. The number of thioether (sulfide) groups is 1. The molecule has 0 radical (unpaired) electrons. The van der Waals surface area contributed by atoms with Gasteiger partial charge in [0.25, 0.3) is 0 Å². The number of carbonyl (C=O) groups excluding carboxylic acids is 1. The Balaban J connectivity index is 1.70. The molecule has 1 amide bonds. The molecule has 2 aromatic carbocycles. The molecule has 2 rings (SSSR count). The molecule has 0 spiro atoms. The van der Waals surface area contributed by atoms with Crippen LogP contribution in [0.15, 0.2) is 54.6 Å². The van der Waals surface area contributed by atoms with Gasteiger partial charge in [-0.3, -0.25) is 4.79 Å². The number of anilines is 1. The van der Waals surface area contributed by atoms with E-state index in [1.54, 1.807) is 11.8 Å². The summed E-state index contributed by atoms with van der Waals surface area (Å²) in [7, 11) is 0. The normalized spacial score (nSPS) is 11.7. The van der Waals surface area contributed by atoms with Gasteiger partial charge in [0.1, 0.15) is 5.75 Å². The van der Waals surface area contributed by atoms with E-state index >= 15 is 0 Å². The standard InChI is InChI=1S/C18H21NO2S/c1-14-7-6-8-16(13-14)19-18(20)15(2)22-12-11-21-17-9-4-3-5-10-17/h3-10,13,15H,11-12H2,1-2H3,(H,19,20). The van der Waals surface area contributed by atoms with E-state index < -0.39 is 0 Å². The molecule has 22 heavy (non-hydrogen) atoms. The number of amides is 1. The topological polar surface area (TPSA) is 38.3 Å². The minimum atomic E-state index is -0.111. The number of benzene rings is 2. The van der Waals surface area contributed by atoms with Crippen molar-refractivity contribution in [2.24, 2.45) is 0 Å². The maximum Gasteiger partial charge on any atom is 0.237 e. The molecule has 0 aromatic heterocycles. The number of hydrogen-bond donors (Lipinski definition) is 1. The Labute approximate surface area is 136 Å². The summed E-state index contributed by atoms with van der Waals surface area (Å²) in [5.74, 6) is 1.66. The van der Waals surface area contributed by atoms with Gasteiger partial charge in [-0.15, -0.1) is 11.8 Å². The van der Waals surface area contributed by atoms with Gasteiger partial charge in [-0.2, -0.15) is 0 Å². The second-order valence-electron chi connectivity index (χ2n) is 5.03. The van der Waals surface area contributed by atoms with Crippen molar-refractivity contribution in [1.29, 1.82) is 0 Å². The van der Waals surface area contributed by atoms with Crippen molar-refractivity contribution in [3.8, 4) is 5.75 Å². The Hall–Kier alpha value is -1.94. The average Bonchev–Trinajstić information content (AvgIpc) is 2.52. The number of carbonyl (C=O) groups is 1. The molecule has 0 aliphatic rings. The first-order valence-electron chi connectivity index (χ1n) is 7.32. The molecule has 0 saturated heterocycles. The van der Waals surface area contributed by atoms with Crippen molar-refractivity contribution in [2.45, 2.75) is 19.1 Å². The first-order chi connectivity index (χ1) is 10.6. The van der Waals surface area contributed by atoms with Crippen molar-refractivity contribution in [3.63, 3.8) is 0 Å². The van der Waals surface area contributed by atoms with Crippen molar-refractivity contribution >= 4 is 23.4 Å². The average molecular weight is 315 g/mol. The zero-order chi connectivity index (χ0) is 15.8. The summed E-state index contributed by atoms with van der Waals surface area (Å²) in [6, 6.07) is 17.5. The van der Waals surface area contributed by atoms with Gasteiger partial charge < -0.3 is 10.1 Å². The predicted octanol–water partition coefficient (Wildman–Crippen LogP) is 4.13. The zero-order valence-electron chi connectivity index (χ0n) is 12.9. The van der Waals surface area contributed by atoms with Crippen LogP contribution in [0.25, 0.3) is 0 Å². The molecule has 0 aliphatic carbocycles. The van der Waals surface area contributed by atoms with Crippen LogP contribution in [0.3, 0.4) is 0 Å². The lowest BCUT2D eigenvalue weighted by molar-refractivity contribution is -0.115. The molecule has 1 atom stereocenters. The smallest absolute Gasteiger partial charge is 0.237 e. The maximum atomic E-state index is 12.1. The minimum Gasteiger partial charge on any atom is -0.493 e. The lowest BCUT2D eigenvalue weighted by Crippen LogP contribution is -2.23. The monoisotopic (exact) mass is 315 g/mol. The zero-order valence-corrected chi connectivity index (χ0v) is 13.7. The maximum absolute atomic E-state index is 12.1. The van der Waals surface area contributed by atoms with Gasteiger partial charge in [0.15, 0.2) is 0 Å². The quantitative estimate of drug-likeness (QED) is 0.781. The summed E-state index contributed by atoms with van der Waals surface area (Å²) in [6.07, 6.45) is 0. The molecule has 116 valence electrons. The Bertz CT molecular complexity index is 601. The van der Waals surface area contributed by atoms with Gasteiger partial charge in [0.05, 0.1) is 11.9 Å². The second-order valence-corrected chi connectivity index (χ2v) is 6.48. The highest BCUT2D eigenvalue weighted by Gasteiger charge is 2.13. The highest BCUT2D eigenvalue weighted by Crippen LogP contribution is 2.16. The van der Waals surface area contributed by atoms with Crippen LogP contribution in [0.4, 0.5) is 5.69 Å². The van der Waals surface area contributed by atoms with E-state index in [4.69, 9.17) is 4.74 Å². The van der Waals surface area contributed by atoms with Crippen LogP contribution >= 0.6 is 11.8 Å². The lowest BCUT2D eigenvalue weighted by atomic mass is 10.2. The van der Waals surface area contributed by atoms with Crippen LogP contribution in [-0.4, -0.2) is 23.5 Å². The molecular formula is C18H21NO2S. The van der Waals surface area contributed by atoms with Gasteiger partial charge in [0.2, 0.25) is 5.91 Å². The van der Waals surface area contributed by atoms with Crippen molar-refractivity contribution < 1.29 is 9.53 Å². The van der Waals surface area contributed by atoms with Gasteiger partial charge >= 0.3 is 0 Å². The van der Waals surface area contributed by atoms with Gasteiger partial charge in [0, 0.05) is 11.4 Å². The van der Waals surface area contributed by atoms with Crippen molar-refractivity contribution in [2.75, 3.05) is 17.7 Å². The molecule has 1 unspecified atom stereocenters. The van der Waals surface area contributed by atoms with Crippen molar-refractivity contribution in [1.82, 2.24) is 0 Å². The van der Waals surface area contributed by atoms with Crippen LogP contribution < -0.4 is 10.1 Å². The molecular weight excluding hydrogens is 294 g/mol. The Kier molecular flexibility index (Phi) is 6.34. The third kappa shape index (κ3) is 5.45. The molecule has 4 heteroatoms. The van der Waals surface area contributed by atoms with E-state index in [2.05, 4.69) is 5.32 Å². The third-order valence-corrected chi connectivity index (χ3v) is 4.23. The van der Waals surface area contributed by atoms with E-state index in [-0.39, 0.29) is 11.2 Å². The van der Waals surface area contributed by atoms with Crippen LogP contribution in [-0.2, 0) is 4.79 Å². The highest BCUT2D eigenvalue weighted by molar-refractivity contribution is 8.00. The summed E-state index contributed by atoms with van der Waals surface area (Å²) in [4.78, 5) is 12.1. The summed E-state index contributed by atoms with van der Waals surface area (Å²) in [5, 5.41) is 2.83. The summed E-state index contributed by atoms with van der Waals surface area (Å²) < 4.78 is 5.62. The molecule has 1 N–H and O–H groups in total. The summed E-state index contributed by atoms with van der Waals surface area (Å²) in [5.41, 5.74) is 1.98. The van der Waals surface area contributed by atoms with Crippen LogP contribution in [0, 0.1) is 6.92 Å². The largest absolute Gasteiger partial charge is 0.493 e. The van der Waals surface area contributed by atoms with E-state index in [9.17, 15) is 4.79 Å². The van der Waals surface area contributed by atoms with Gasteiger partial charge in [-0.25, -0.2) is 0 Å². The first kappa shape index (κ1) is 16.4. The fourth-order valence-corrected chi connectivity index (χ4v) is 2.69. The minimum absolute atomic E-state index is 0.0234. The molecule has 3 nitrogen and oxygen atoms in total. The fraction of sp³-hybridized carbons (Fsp3) is 0.278. The SMILES string of the molecule is Cc1cccc(NC(=O)C(C)SCCOc2ccccc2)c1. The number of para-hydroxylation sites is 1. The molecule has 2 aromatic rings. The molecule has 0 saturated carbocycles. The predicted molar refractivity (Wildman–Crippen MR) is 93.7 cm³/mol. The van der Waals surface area contributed by atoms with Gasteiger partial charge in [-0.05, 0) is 43.7 Å². The summed E-state index contributed by atoms with van der Waals surface area (Å²) >= 11 is 1.59. The third-order valence-electron chi connectivity index (χ3n) is 3.12. The highest BCUT2D eigenvalue weighted by atomic mass is 32.2. The van der Waals surface area contributed by atoms with E-state index in [0.717, 1.165) is 22.8 Å². The first-order valence-corrected chi connectivity index (χ1v) is 8.37. The van der Waals surface area contributed by atoms with Crippen LogP contribution in [0.2, 0.25) is 0 Å². The summed E-state index contributed by atoms with van der Waals surface area (Å²) in [6.45, 7) is 4.52. The lowest BCUT2D eigenvalue weighted by Gasteiger charge is -2.13.